The molecule has 84 valence electrons. The molecule has 0 bridgehead atoms. The molecule has 0 saturated carbocycles. The fourth-order valence-electron chi connectivity index (χ4n) is 1.29. The van der Waals surface area contributed by atoms with Crippen LogP contribution >= 0.6 is 0 Å². The maximum Gasteiger partial charge on any atom is 0.162 e. The van der Waals surface area contributed by atoms with Gasteiger partial charge in [0.1, 0.15) is 5.67 Å². The first kappa shape index (κ1) is 12.0. The molecule has 1 aromatic rings. The summed E-state index contributed by atoms with van der Waals surface area (Å²) in [6.07, 6.45) is -0.0212. The molecule has 0 heterocycles. The number of hydrogen-bond donors (Lipinski definition) is 1. The number of alkyl halides is 1. The molecular formula is C11H13F3O. The third kappa shape index (κ3) is 2.72. The van der Waals surface area contributed by atoms with E-state index in [1.807, 2.05) is 0 Å². The summed E-state index contributed by atoms with van der Waals surface area (Å²) in [7, 11) is 0. The standard InChI is InChI=1S/C11H13F3O/c1-11(2,14)8-5-7(3-4-15)10(13)9(12)6-8/h5-6,15H,3-4H2,1-2H3. The largest absolute Gasteiger partial charge is 0.396 e. The molecule has 0 aliphatic carbocycles. The van der Waals surface area contributed by atoms with Gasteiger partial charge in [0.25, 0.3) is 0 Å². The fourth-order valence-corrected chi connectivity index (χ4v) is 1.29. The summed E-state index contributed by atoms with van der Waals surface area (Å²) in [5.41, 5.74) is -1.65. The second kappa shape index (κ2) is 4.23. The van der Waals surface area contributed by atoms with Crippen LogP contribution in [-0.2, 0) is 12.1 Å². The molecule has 0 amide bonds. The lowest BCUT2D eigenvalue weighted by molar-refractivity contribution is 0.219. The molecule has 1 N–H and O–H groups in total. The van der Waals surface area contributed by atoms with Crippen LogP contribution in [0.5, 0.6) is 0 Å². The van der Waals surface area contributed by atoms with Crippen LogP contribution in [-0.4, -0.2) is 11.7 Å². The zero-order chi connectivity index (χ0) is 11.6. The summed E-state index contributed by atoms with van der Waals surface area (Å²) in [6.45, 7) is 2.23. The number of halogens is 3. The maximum absolute atomic E-state index is 13.5. The van der Waals surface area contributed by atoms with E-state index in [1.165, 1.54) is 19.9 Å². The van der Waals surface area contributed by atoms with Gasteiger partial charge in [-0.1, -0.05) is 0 Å². The molecule has 1 nitrogen and oxygen atoms in total. The first-order valence-corrected chi connectivity index (χ1v) is 4.64. The Labute approximate surface area is 86.5 Å². The number of rotatable bonds is 3. The minimum atomic E-state index is -1.72. The molecule has 0 unspecified atom stereocenters. The van der Waals surface area contributed by atoms with Crippen LogP contribution in [0.25, 0.3) is 0 Å². The summed E-state index contributed by atoms with van der Waals surface area (Å²) < 4.78 is 39.7. The van der Waals surface area contributed by atoms with E-state index in [0.29, 0.717) is 0 Å². The lowest BCUT2D eigenvalue weighted by atomic mass is 9.96. The number of aliphatic hydroxyl groups excluding tert-OH is 1. The molecule has 0 fully saturated rings. The lowest BCUT2D eigenvalue weighted by Gasteiger charge is -2.16. The van der Waals surface area contributed by atoms with Crippen molar-refractivity contribution in [2.45, 2.75) is 25.9 Å². The van der Waals surface area contributed by atoms with Crippen molar-refractivity contribution in [3.05, 3.63) is 34.9 Å². The van der Waals surface area contributed by atoms with Crippen molar-refractivity contribution in [2.24, 2.45) is 0 Å². The van der Waals surface area contributed by atoms with Gasteiger partial charge in [-0.25, -0.2) is 13.2 Å². The van der Waals surface area contributed by atoms with Crippen LogP contribution in [0, 0.1) is 11.6 Å². The van der Waals surface area contributed by atoms with Crippen molar-refractivity contribution >= 4 is 0 Å². The van der Waals surface area contributed by atoms with Gasteiger partial charge in [-0.3, -0.25) is 0 Å². The third-order valence-electron chi connectivity index (χ3n) is 2.17. The van der Waals surface area contributed by atoms with E-state index in [9.17, 15) is 13.2 Å². The van der Waals surface area contributed by atoms with E-state index >= 15 is 0 Å². The second-order valence-electron chi connectivity index (χ2n) is 3.88. The van der Waals surface area contributed by atoms with Crippen LogP contribution in [0.3, 0.4) is 0 Å². The Bertz CT molecular complexity index is 356. The van der Waals surface area contributed by atoms with Crippen LogP contribution < -0.4 is 0 Å². The second-order valence-corrected chi connectivity index (χ2v) is 3.88. The molecule has 0 atom stereocenters. The Morgan fingerprint density at radius 1 is 1.27 bits per heavy atom. The predicted octanol–water partition coefficient (Wildman–Crippen LogP) is 2.70. The molecule has 0 aliphatic heterocycles. The third-order valence-corrected chi connectivity index (χ3v) is 2.17. The molecule has 0 aromatic heterocycles. The Morgan fingerprint density at radius 2 is 1.87 bits per heavy atom. The van der Waals surface area contributed by atoms with E-state index in [4.69, 9.17) is 5.11 Å². The molecule has 0 radical (unpaired) electrons. The molecule has 1 rings (SSSR count). The summed E-state index contributed by atoms with van der Waals surface area (Å²) in [5, 5.41) is 8.65. The van der Waals surface area contributed by atoms with E-state index in [1.54, 1.807) is 0 Å². The van der Waals surface area contributed by atoms with Crippen LogP contribution in [0.4, 0.5) is 13.2 Å². The summed E-state index contributed by atoms with van der Waals surface area (Å²) in [5.74, 6) is -2.10. The minimum absolute atomic E-state index is 0.00164. The Balaban J connectivity index is 3.23. The first-order valence-electron chi connectivity index (χ1n) is 4.64. The van der Waals surface area contributed by atoms with Gasteiger partial charge in [0.05, 0.1) is 0 Å². The summed E-state index contributed by atoms with van der Waals surface area (Å²) in [4.78, 5) is 0. The zero-order valence-electron chi connectivity index (χ0n) is 8.65. The zero-order valence-corrected chi connectivity index (χ0v) is 8.65. The summed E-state index contributed by atoms with van der Waals surface area (Å²) in [6, 6.07) is 2.09. The lowest BCUT2D eigenvalue weighted by Crippen LogP contribution is -2.12. The predicted molar refractivity (Wildman–Crippen MR) is 51.3 cm³/mol. The average molecular weight is 218 g/mol. The van der Waals surface area contributed by atoms with Gasteiger partial charge in [-0.05, 0) is 43.5 Å². The Hall–Kier alpha value is -1.03. The van der Waals surface area contributed by atoms with Crippen molar-refractivity contribution in [2.75, 3.05) is 6.61 Å². The van der Waals surface area contributed by atoms with Crippen LogP contribution in [0.1, 0.15) is 25.0 Å². The molecule has 15 heavy (non-hydrogen) atoms. The first-order chi connectivity index (χ1) is 6.86. The van der Waals surface area contributed by atoms with Crippen molar-refractivity contribution in [1.82, 2.24) is 0 Å². The van der Waals surface area contributed by atoms with Gasteiger partial charge in [-0.15, -0.1) is 0 Å². The van der Waals surface area contributed by atoms with Gasteiger partial charge < -0.3 is 5.11 Å². The van der Waals surface area contributed by atoms with Gasteiger partial charge in [0.2, 0.25) is 0 Å². The quantitative estimate of drug-likeness (QED) is 0.827. The van der Waals surface area contributed by atoms with E-state index in [-0.39, 0.29) is 24.2 Å². The highest BCUT2D eigenvalue weighted by atomic mass is 19.2. The SMILES string of the molecule is CC(C)(F)c1cc(F)c(F)c(CCO)c1. The highest BCUT2D eigenvalue weighted by molar-refractivity contribution is 5.30. The Morgan fingerprint density at radius 3 is 2.33 bits per heavy atom. The number of aliphatic hydroxyl groups is 1. The normalized spacial score (nSPS) is 11.9. The van der Waals surface area contributed by atoms with Crippen LogP contribution in [0.15, 0.2) is 12.1 Å². The topological polar surface area (TPSA) is 20.2 Å². The molecule has 4 heteroatoms. The van der Waals surface area contributed by atoms with Gasteiger partial charge in [-0.2, -0.15) is 0 Å². The van der Waals surface area contributed by atoms with Crippen LogP contribution in [0.2, 0.25) is 0 Å². The molecule has 0 spiro atoms. The molecule has 0 aliphatic rings. The van der Waals surface area contributed by atoms with Crippen molar-refractivity contribution < 1.29 is 18.3 Å². The van der Waals surface area contributed by atoms with Gasteiger partial charge in [0.15, 0.2) is 11.6 Å². The molecule has 0 saturated heterocycles. The maximum atomic E-state index is 13.5. The van der Waals surface area contributed by atoms with Crippen molar-refractivity contribution in [3.63, 3.8) is 0 Å². The van der Waals surface area contributed by atoms with E-state index < -0.39 is 17.3 Å². The average Bonchev–Trinajstić information content (AvgIpc) is 2.11. The van der Waals surface area contributed by atoms with E-state index in [0.717, 1.165) is 6.07 Å². The van der Waals surface area contributed by atoms with Gasteiger partial charge in [0, 0.05) is 6.61 Å². The Kier molecular flexibility index (Phi) is 3.39. The molecular weight excluding hydrogens is 205 g/mol. The smallest absolute Gasteiger partial charge is 0.162 e. The summed E-state index contributed by atoms with van der Waals surface area (Å²) >= 11 is 0. The number of benzene rings is 1. The van der Waals surface area contributed by atoms with Gasteiger partial charge >= 0.3 is 0 Å². The van der Waals surface area contributed by atoms with Crippen molar-refractivity contribution in [3.8, 4) is 0 Å². The van der Waals surface area contributed by atoms with E-state index in [2.05, 4.69) is 0 Å². The highest BCUT2D eigenvalue weighted by Crippen LogP contribution is 2.27. The highest BCUT2D eigenvalue weighted by Gasteiger charge is 2.22. The fraction of sp³-hybridized carbons (Fsp3) is 0.455. The van der Waals surface area contributed by atoms with Crippen molar-refractivity contribution in [1.29, 1.82) is 0 Å². The minimum Gasteiger partial charge on any atom is -0.396 e. The molecule has 1 aromatic carbocycles. The number of hydrogen-bond acceptors (Lipinski definition) is 1. The monoisotopic (exact) mass is 218 g/mol.